The molecule has 0 bridgehead atoms. The highest BCUT2D eigenvalue weighted by molar-refractivity contribution is 7.98. The first-order chi connectivity index (χ1) is 14.3. The highest BCUT2D eigenvalue weighted by Gasteiger charge is 2.59. The van der Waals surface area contributed by atoms with Crippen molar-refractivity contribution >= 4 is 11.9 Å². The lowest BCUT2D eigenvalue weighted by molar-refractivity contribution is -0.0497. The Balaban J connectivity index is 1.47. The van der Waals surface area contributed by atoms with Gasteiger partial charge in [0.05, 0.1) is 0 Å². The molecule has 0 aliphatic heterocycles. The molecule has 0 amide bonds. The fourth-order valence-corrected chi connectivity index (χ4v) is 9.75. The molecule has 0 spiro atoms. The summed E-state index contributed by atoms with van der Waals surface area (Å²) in [6.07, 6.45) is 18.7. The van der Waals surface area contributed by atoms with Crippen LogP contribution in [0.5, 0.6) is 0 Å². The zero-order chi connectivity index (χ0) is 21.5. The Hall–Kier alpha value is 0.0500. The minimum absolute atomic E-state index is 0.510. The Morgan fingerprint density at radius 2 is 1.83 bits per heavy atom. The normalized spacial score (nSPS) is 44.2. The maximum absolute atomic E-state index is 3.36. The zero-order valence-electron chi connectivity index (χ0n) is 20.8. The van der Waals surface area contributed by atoms with E-state index >= 15 is 0 Å². The van der Waals surface area contributed by atoms with Crippen molar-refractivity contribution in [3.63, 3.8) is 0 Å². The Morgan fingerprint density at radius 1 is 1.03 bits per heavy atom. The van der Waals surface area contributed by atoms with Crippen molar-refractivity contribution in [2.75, 3.05) is 7.05 Å². The second-order valence-corrected chi connectivity index (χ2v) is 13.8. The van der Waals surface area contributed by atoms with Crippen LogP contribution in [0, 0.1) is 46.3 Å². The molecule has 3 fully saturated rings. The first-order valence-electron chi connectivity index (χ1n) is 13.3. The van der Waals surface area contributed by atoms with E-state index in [2.05, 4.69) is 52.5 Å². The van der Waals surface area contributed by atoms with Crippen molar-refractivity contribution in [3.8, 4) is 0 Å². The molecule has 4 aliphatic rings. The molecule has 0 aromatic carbocycles. The SMILES string of the molecule is CNSC1CCC2(C)C(=CCC3C2CCC2(C)C(C(C)CCCC(C)C)CCC32)C1. The smallest absolute Gasteiger partial charge is 0.0230 e. The Labute approximate surface area is 192 Å². The number of hydrogen-bond donors (Lipinski definition) is 1. The van der Waals surface area contributed by atoms with Crippen molar-refractivity contribution in [3.05, 3.63) is 11.6 Å². The second kappa shape index (κ2) is 9.12. The third-order valence-corrected chi connectivity index (χ3v) is 11.5. The van der Waals surface area contributed by atoms with E-state index in [1.54, 1.807) is 0 Å². The van der Waals surface area contributed by atoms with Gasteiger partial charge >= 0.3 is 0 Å². The van der Waals surface area contributed by atoms with Gasteiger partial charge in [0.15, 0.2) is 0 Å². The largest absolute Gasteiger partial charge is 0.267 e. The molecular weight excluding hydrogens is 382 g/mol. The molecule has 0 radical (unpaired) electrons. The summed E-state index contributed by atoms with van der Waals surface area (Å²) in [5.74, 6) is 5.70. The Kier molecular flexibility index (Phi) is 7.06. The van der Waals surface area contributed by atoms with Crippen LogP contribution in [0.4, 0.5) is 0 Å². The summed E-state index contributed by atoms with van der Waals surface area (Å²) < 4.78 is 3.36. The first kappa shape index (κ1) is 23.2. The number of allylic oxidation sites excluding steroid dienone is 2. The van der Waals surface area contributed by atoms with Crippen LogP contribution in [-0.2, 0) is 0 Å². The van der Waals surface area contributed by atoms with Crippen LogP contribution in [0.25, 0.3) is 0 Å². The summed E-state index contributed by atoms with van der Waals surface area (Å²) in [4.78, 5) is 0. The van der Waals surface area contributed by atoms with E-state index < -0.39 is 0 Å². The molecule has 172 valence electrons. The molecule has 4 rings (SSSR count). The van der Waals surface area contributed by atoms with Crippen LogP contribution >= 0.6 is 11.9 Å². The van der Waals surface area contributed by atoms with Gasteiger partial charge in [-0.15, -0.1) is 0 Å². The van der Waals surface area contributed by atoms with Gasteiger partial charge in [0.25, 0.3) is 0 Å². The van der Waals surface area contributed by atoms with Crippen LogP contribution in [-0.4, -0.2) is 12.3 Å². The lowest BCUT2D eigenvalue weighted by atomic mass is 9.47. The van der Waals surface area contributed by atoms with Crippen LogP contribution in [0.2, 0.25) is 0 Å². The Morgan fingerprint density at radius 3 is 2.57 bits per heavy atom. The highest BCUT2D eigenvalue weighted by atomic mass is 32.2. The maximum Gasteiger partial charge on any atom is 0.0230 e. The molecule has 0 aromatic rings. The van der Waals surface area contributed by atoms with Gasteiger partial charge in [-0.1, -0.05) is 77.5 Å². The van der Waals surface area contributed by atoms with Crippen molar-refractivity contribution in [1.82, 2.24) is 4.72 Å². The lowest BCUT2D eigenvalue weighted by Crippen LogP contribution is -2.50. The fourth-order valence-electron chi connectivity index (χ4n) is 8.92. The molecule has 30 heavy (non-hydrogen) atoms. The predicted octanol–water partition coefficient (Wildman–Crippen LogP) is 8.26. The lowest BCUT2D eigenvalue weighted by Gasteiger charge is -2.58. The summed E-state index contributed by atoms with van der Waals surface area (Å²) in [5.41, 5.74) is 2.97. The molecule has 0 aromatic heterocycles. The van der Waals surface area contributed by atoms with E-state index in [0.29, 0.717) is 10.8 Å². The van der Waals surface area contributed by atoms with E-state index in [4.69, 9.17) is 0 Å². The minimum Gasteiger partial charge on any atom is -0.267 e. The topological polar surface area (TPSA) is 12.0 Å². The molecule has 8 atom stereocenters. The number of nitrogens with one attached hydrogen (secondary N) is 1. The standard InChI is InChI=1S/C28H49NS/c1-19(2)8-7-9-20(3)24-12-13-25-23-11-10-21-18-22(30-29-6)14-16-27(21,4)26(23)15-17-28(24,25)5/h10,19-20,22-26,29H,7-9,11-18H2,1-6H3. The summed E-state index contributed by atoms with van der Waals surface area (Å²) >= 11 is 1.97. The quantitative estimate of drug-likeness (QED) is 0.321. The average molecular weight is 432 g/mol. The van der Waals surface area contributed by atoms with Gasteiger partial charge in [-0.2, -0.15) is 0 Å². The molecule has 2 heteroatoms. The van der Waals surface area contributed by atoms with Gasteiger partial charge < -0.3 is 0 Å². The molecule has 8 unspecified atom stereocenters. The molecule has 1 N–H and O–H groups in total. The average Bonchev–Trinajstić information content (AvgIpc) is 3.05. The predicted molar refractivity (Wildman–Crippen MR) is 133 cm³/mol. The van der Waals surface area contributed by atoms with Gasteiger partial charge in [-0.3, -0.25) is 4.72 Å². The van der Waals surface area contributed by atoms with Crippen molar-refractivity contribution in [2.24, 2.45) is 46.3 Å². The minimum atomic E-state index is 0.510. The number of rotatable bonds is 7. The van der Waals surface area contributed by atoms with Gasteiger partial charge in [-0.25, -0.2) is 0 Å². The van der Waals surface area contributed by atoms with E-state index in [-0.39, 0.29) is 0 Å². The van der Waals surface area contributed by atoms with Crippen LogP contribution in [0.1, 0.15) is 105 Å². The third kappa shape index (κ3) is 4.07. The highest BCUT2D eigenvalue weighted by Crippen LogP contribution is 2.67. The van der Waals surface area contributed by atoms with Crippen LogP contribution in [0.3, 0.4) is 0 Å². The molecule has 0 saturated heterocycles. The molecule has 1 nitrogen and oxygen atoms in total. The van der Waals surface area contributed by atoms with Gasteiger partial charge in [0, 0.05) is 5.25 Å². The summed E-state index contributed by atoms with van der Waals surface area (Å²) in [6.45, 7) is 12.8. The monoisotopic (exact) mass is 431 g/mol. The Bertz CT molecular complexity index is 626. The molecular formula is C28H49NS. The fraction of sp³-hybridized carbons (Fsp3) is 0.929. The molecule has 4 aliphatic carbocycles. The summed E-state index contributed by atoms with van der Waals surface area (Å²) in [5, 5.41) is 0.794. The second-order valence-electron chi connectivity index (χ2n) is 12.5. The zero-order valence-corrected chi connectivity index (χ0v) is 21.6. The van der Waals surface area contributed by atoms with Crippen molar-refractivity contribution in [1.29, 1.82) is 0 Å². The van der Waals surface area contributed by atoms with Gasteiger partial charge in [0.1, 0.15) is 0 Å². The molecule has 3 saturated carbocycles. The molecule has 0 heterocycles. The first-order valence-corrected chi connectivity index (χ1v) is 14.2. The van der Waals surface area contributed by atoms with E-state index in [1.165, 1.54) is 70.6 Å². The maximum atomic E-state index is 3.36. The van der Waals surface area contributed by atoms with E-state index in [9.17, 15) is 0 Å². The number of hydrogen-bond acceptors (Lipinski definition) is 2. The summed E-state index contributed by atoms with van der Waals surface area (Å²) in [6, 6.07) is 0. The van der Waals surface area contributed by atoms with Gasteiger partial charge in [-0.05, 0) is 105 Å². The van der Waals surface area contributed by atoms with E-state index in [0.717, 1.165) is 40.8 Å². The van der Waals surface area contributed by atoms with Crippen molar-refractivity contribution in [2.45, 2.75) is 110 Å². The summed E-state index contributed by atoms with van der Waals surface area (Å²) in [7, 11) is 2.09. The van der Waals surface area contributed by atoms with Crippen LogP contribution < -0.4 is 4.72 Å². The number of fused-ring (bicyclic) bond motifs is 5. The van der Waals surface area contributed by atoms with Gasteiger partial charge in [0.2, 0.25) is 0 Å². The van der Waals surface area contributed by atoms with Crippen LogP contribution in [0.15, 0.2) is 11.6 Å². The third-order valence-electron chi connectivity index (χ3n) is 10.5. The van der Waals surface area contributed by atoms with Crippen molar-refractivity contribution < 1.29 is 0 Å². The van der Waals surface area contributed by atoms with E-state index in [1.807, 2.05) is 17.5 Å².